The molecule has 2 rings (SSSR count). The SMILES string of the molecule is COC(=O)c1cc(-c2ccc(Cl)c(O)c2)cs1. The van der Waals surface area contributed by atoms with Crippen molar-refractivity contribution in [2.45, 2.75) is 0 Å². The molecular weight excluding hydrogens is 260 g/mol. The lowest BCUT2D eigenvalue weighted by Crippen LogP contribution is -1.96. The number of esters is 1. The normalized spacial score (nSPS) is 10.2. The molecule has 3 nitrogen and oxygen atoms in total. The molecule has 1 aromatic carbocycles. The van der Waals surface area contributed by atoms with Crippen LogP contribution in [0, 0.1) is 0 Å². The van der Waals surface area contributed by atoms with Gasteiger partial charge in [0, 0.05) is 0 Å². The van der Waals surface area contributed by atoms with Gasteiger partial charge in [-0.3, -0.25) is 0 Å². The van der Waals surface area contributed by atoms with E-state index >= 15 is 0 Å². The number of hydrogen-bond acceptors (Lipinski definition) is 4. The Morgan fingerprint density at radius 3 is 2.76 bits per heavy atom. The highest BCUT2D eigenvalue weighted by molar-refractivity contribution is 7.12. The highest BCUT2D eigenvalue weighted by Gasteiger charge is 2.10. The summed E-state index contributed by atoms with van der Waals surface area (Å²) in [4.78, 5) is 11.8. The maximum absolute atomic E-state index is 11.3. The lowest BCUT2D eigenvalue weighted by Gasteiger charge is -2.00. The lowest BCUT2D eigenvalue weighted by molar-refractivity contribution is 0.0606. The molecule has 17 heavy (non-hydrogen) atoms. The average Bonchev–Trinajstić information content (AvgIpc) is 2.81. The highest BCUT2D eigenvalue weighted by Crippen LogP contribution is 2.31. The molecule has 0 radical (unpaired) electrons. The molecule has 1 N–H and O–H groups in total. The molecule has 88 valence electrons. The average molecular weight is 269 g/mol. The molecule has 0 amide bonds. The van der Waals surface area contributed by atoms with Gasteiger partial charge in [-0.2, -0.15) is 0 Å². The number of methoxy groups -OCH3 is 1. The third-order valence-corrected chi connectivity index (χ3v) is 3.50. The van der Waals surface area contributed by atoms with Gasteiger partial charge in [0.15, 0.2) is 0 Å². The summed E-state index contributed by atoms with van der Waals surface area (Å²) in [6.45, 7) is 0. The van der Waals surface area contributed by atoms with E-state index in [1.807, 2.05) is 5.38 Å². The van der Waals surface area contributed by atoms with E-state index < -0.39 is 0 Å². The van der Waals surface area contributed by atoms with Crippen molar-refractivity contribution in [2.75, 3.05) is 7.11 Å². The van der Waals surface area contributed by atoms with Crippen LogP contribution in [0.5, 0.6) is 5.75 Å². The van der Waals surface area contributed by atoms with E-state index in [1.54, 1.807) is 24.3 Å². The number of thiophene rings is 1. The van der Waals surface area contributed by atoms with Crippen molar-refractivity contribution in [2.24, 2.45) is 0 Å². The third kappa shape index (κ3) is 2.43. The minimum Gasteiger partial charge on any atom is -0.506 e. The maximum Gasteiger partial charge on any atom is 0.348 e. The summed E-state index contributed by atoms with van der Waals surface area (Å²) in [5.74, 6) is -0.338. The second-order valence-electron chi connectivity index (χ2n) is 3.36. The van der Waals surface area contributed by atoms with Crippen LogP contribution in [-0.4, -0.2) is 18.2 Å². The smallest absolute Gasteiger partial charge is 0.348 e. The molecule has 0 spiro atoms. The Labute approximate surface area is 107 Å². The monoisotopic (exact) mass is 268 g/mol. The first-order valence-electron chi connectivity index (χ1n) is 4.77. The van der Waals surface area contributed by atoms with Crippen LogP contribution in [0.4, 0.5) is 0 Å². The zero-order valence-electron chi connectivity index (χ0n) is 8.94. The fourth-order valence-electron chi connectivity index (χ4n) is 1.39. The number of carbonyl (C=O) groups is 1. The summed E-state index contributed by atoms with van der Waals surface area (Å²) in [7, 11) is 1.34. The largest absolute Gasteiger partial charge is 0.506 e. The quantitative estimate of drug-likeness (QED) is 0.847. The fourth-order valence-corrected chi connectivity index (χ4v) is 2.34. The summed E-state index contributed by atoms with van der Waals surface area (Å²) >= 11 is 7.02. The van der Waals surface area contributed by atoms with E-state index in [9.17, 15) is 9.90 Å². The molecule has 1 heterocycles. The molecule has 0 bridgehead atoms. The van der Waals surface area contributed by atoms with Crippen molar-refractivity contribution in [3.8, 4) is 16.9 Å². The predicted octanol–water partition coefficient (Wildman–Crippen LogP) is 3.56. The first-order valence-corrected chi connectivity index (χ1v) is 6.03. The van der Waals surface area contributed by atoms with E-state index in [0.29, 0.717) is 9.90 Å². The molecular formula is C12H9ClO3S. The van der Waals surface area contributed by atoms with Crippen molar-refractivity contribution >= 4 is 28.9 Å². The number of aromatic hydroxyl groups is 1. The minimum absolute atomic E-state index is 0.0231. The number of halogens is 1. The first-order chi connectivity index (χ1) is 8.11. The van der Waals surface area contributed by atoms with Crippen molar-refractivity contribution in [1.82, 2.24) is 0 Å². The van der Waals surface area contributed by atoms with Crippen LogP contribution in [0.25, 0.3) is 11.1 Å². The summed E-state index contributed by atoms with van der Waals surface area (Å²) < 4.78 is 4.63. The van der Waals surface area contributed by atoms with Gasteiger partial charge in [-0.15, -0.1) is 11.3 Å². The zero-order chi connectivity index (χ0) is 12.4. The topological polar surface area (TPSA) is 46.5 Å². The van der Waals surface area contributed by atoms with Crippen molar-refractivity contribution in [3.63, 3.8) is 0 Å². The number of benzene rings is 1. The van der Waals surface area contributed by atoms with E-state index in [2.05, 4.69) is 4.74 Å². The zero-order valence-corrected chi connectivity index (χ0v) is 10.5. The molecule has 0 aliphatic heterocycles. The minimum atomic E-state index is -0.362. The fraction of sp³-hybridized carbons (Fsp3) is 0.0833. The summed E-state index contributed by atoms with van der Waals surface area (Å²) in [5, 5.41) is 11.6. The predicted molar refractivity (Wildman–Crippen MR) is 67.8 cm³/mol. The van der Waals surface area contributed by atoms with Crippen LogP contribution < -0.4 is 0 Å². The molecule has 0 unspecified atom stereocenters. The third-order valence-electron chi connectivity index (χ3n) is 2.27. The second-order valence-corrected chi connectivity index (χ2v) is 4.68. The van der Waals surface area contributed by atoms with Gasteiger partial charge in [-0.1, -0.05) is 17.7 Å². The van der Waals surface area contributed by atoms with Gasteiger partial charge in [-0.25, -0.2) is 4.79 Å². The summed E-state index contributed by atoms with van der Waals surface area (Å²) in [5.41, 5.74) is 1.65. The molecule has 0 saturated carbocycles. The van der Waals surface area contributed by atoms with Crippen molar-refractivity contribution in [1.29, 1.82) is 0 Å². The Morgan fingerprint density at radius 2 is 2.12 bits per heavy atom. The number of phenols is 1. The van der Waals surface area contributed by atoms with Crippen molar-refractivity contribution < 1.29 is 14.6 Å². The van der Waals surface area contributed by atoms with E-state index in [-0.39, 0.29) is 11.7 Å². The lowest BCUT2D eigenvalue weighted by atomic mass is 10.1. The van der Waals surface area contributed by atoms with Crippen LogP contribution in [0.2, 0.25) is 5.02 Å². The maximum atomic E-state index is 11.3. The van der Waals surface area contributed by atoms with Crippen LogP contribution in [-0.2, 0) is 4.74 Å². The Hall–Kier alpha value is -1.52. The number of rotatable bonds is 2. The summed E-state index contributed by atoms with van der Waals surface area (Å²) in [6, 6.07) is 6.68. The molecule has 5 heteroatoms. The summed E-state index contributed by atoms with van der Waals surface area (Å²) in [6.07, 6.45) is 0. The molecule has 0 aliphatic carbocycles. The molecule has 0 saturated heterocycles. The van der Waals surface area contributed by atoms with Gasteiger partial charge < -0.3 is 9.84 Å². The number of hydrogen-bond donors (Lipinski definition) is 1. The standard InChI is InChI=1S/C12H9ClO3S/c1-16-12(15)11-5-8(6-17-11)7-2-3-9(13)10(14)4-7/h2-6,14H,1H3. The number of carbonyl (C=O) groups excluding carboxylic acids is 1. The number of ether oxygens (including phenoxy) is 1. The van der Waals surface area contributed by atoms with Gasteiger partial charge in [-0.05, 0) is 34.7 Å². The Kier molecular flexibility index (Phi) is 3.36. The van der Waals surface area contributed by atoms with E-state index in [0.717, 1.165) is 11.1 Å². The van der Waals surface area contributed by atoms with E-state index in [1.165, 1.54) is 18.4 Å². The van der Waals surface area contributed by atoms with Crippen LogP contribution >= 0.6 is 22.9 Å². The molecule has 0 aliphatic rings. The van der Waals surface area contributed by atoms with Gasteiger partial charge in [0.05, 0.1) is 12.1 Å². The van der Waals surface area contributed by atoms with Crippen LogP contribution in [0.3, 0.4) is 0 Å². The van der Waals surface area contributed by atoms with Gasteiger partial charge in [0.25, 0.3) is 0 Å². The molecule has 0 fully saturated rings. The Morgan fingerprint density at radius 1 is 1.35 bits per heavy atom. The van der Waals surface area contributed by atoms with Gasteiger partial charge >= 0.3 is 5.97 Å². The number of phenolic OH excluding ortho intramolecular Hbond substituents is 1. The molecule has 2 aromatic rings. The van der Waals surface area contributed by atoms with Crippen LogP contribution in [0.1, 0.15) is 9.67 Å². The second kappa shape index (κ2) is 4.77. The first kappa shape index (κ1) is 12.0. The van der Waals surface area contributed by atoms with Crippen molar-refractivity contribution in [3.05, 3.63) is 39.5 Å². The molecule has 1 aromatic heterocycles. The Bertz CT molecular complexity index is 563. The molecule has 0 atom stereocenters. The van der Waals surface area contributed by atoms with Gasteiger partial charge in [0.1, 0.15) is 10.6 Å². The highest BCUT2D eigenvalue weighted by atomic mass is 35.5. The van der Waals surface area contributed by atoms with Gasteiger partial charge in [0.2, 0.25) is 0 Å². The Balaban J connectivity index is 2.37. The van der Waals surface area contributed by atoms with Crippen LogP contribution in [0.15, 0.2) is 29.6 Å². The van der Waals surface area contributed by atoms with E-state index in [4.69, 9.17) is 11.6 Å².